The van der Waals surface area contributed by atoms with Crippen LogP contribution in [0.2, 0.25) is 0 Å². The summed E-state index contributed by atoms with van der Waals surface area (Å²) < 4.78 is 5.27. The molecule has 1 heterocycles. The summed E-state index contributed by atoms with van der Waals surface area (Å²) in [6.07, 6.45) is 7.46. The Bertz CT molecular complexity index is 631. The first-order valence-corrected chi connectivity index (χ1v) is 9.89. The van der Waals surface area contributed by atoms with E-state index in [1.165, 1.54) is 0 Å². The predicted molar refractivity (Wildman–Crippen MR) is 101 cm³/mol. The fraction of sp³-hybridized carbons (Fsp3) is 0.619. The molecular formula is C21H30N2O3. The van der Waals surface area contributed by atoms with Gasteiger partial charge in [-0.2, -0.15) is 0 Å². The first-order chi connectivity index (χ1) is 12.7. The zero-order chi connectivity index (χ0) is 18.4. The molecule has 0 spiro atoms. The normalized spacial score (nSPS) is 24.3. The SMILES string of the molecule is COc1cccc(CC(=O)N2CCCCCCNC(=O)[C@H]3CCC[C@H]32)c1. The van der Waals surface area contributed by atoms with E-state index in [1.807, 2.05) is 29.2 Å². The number of hydrogen-bond donors (Lipinski definition) is 1. The third-order valence-corrected chi connectivity index (χ3v) is 5.65. The number of nitrogens with zero attached hydrogens (tertiary/aromatic N) is 1. The summed E-state index contributed by atoms with van der Waals surface area (Å²) in [4.78, 5) is 27.7. The molecule has 142 valence electrons. The third kappa shape index (κ3) is 4.57. The lowest BCUT2D eigenvalue weighted by molar-refractivity contribution is -0.136. The van der Waals surface area contributed by atoms with Gasteiger partial charge in [0.25, 0.3) is 0 Å². The zero-order valence-electron chi connectivity index (χ0n) is 15.7. The number of carbonyl (C=O) groups is 2. The van der Waals surface area contributed by atoms with Crippen LogP contribution in [-0.2, 0) is 16.0 Å². The van der Waals surface area contributed by atoms with Crippen LogP contribution in [0, 0.1) is 5.92 Å². The van der Waals surface area contributed by atoms with Crippen molar-refractivity contribution in [3.63, 3.8) is 0 Å². The Labute approximate surface area is 156 Å². The van der Waals surface area contributed by atoms with E-state index in [4.69, 9.17) is 4.74 Å². The number of ether oxygens (including phenoxy) is 1. The number of hydrogen-bond acceptors (Lipinski definition) is 3. The molecule has 3 rings (SSSR count). The van der Waals surface area contributed by atoms with Gasteiger partial charge < -0.3 is 15.0 Å². The van der Waals surface area contributed by atoms with Crippen LogP contribution in [0.4, 0.5) is 0 Å². The summed E-state index contributed by atoms with van der Waals surface area (Å²) >= 11 is 0. The van der Waals surface area contributed by atoms with Crippen molar-refractivity contribution >= 4 is 11.8 Å². The molecule has 2 aliphatic rings. The van der Waals surface area contributed by atoms with Gasteiger partial charge in [-0.1, -0.05) is 31.4 Å². The molecule has 2 amide bonds. The van der Waals surface area contributed by atoms with Crippen LogP contribution in [-0.4, -0.2) is 43.0 Å². The van der Waals surface area contributed by atoms with Crippen LogP contribution >= 0.6 is 0 Å². The van der Waals surface area contributed by atoms with E-state index in [2.05, 4.69) is 5.32 Å². The van der Waals surface area contributed by atoms with Gasteiger partial charge in [0, 0.05) is 19.1 Å². The summed E-state index contributed by atoms with van der Waals surface area (Å²) in [5, 5.41) is 3.08. The van der Waals surface area contributed by atoms with Gasteiger partial charge in [0.15, 0.2) is 0 Å². The molecule has 1 aliphatic heterocycles. The molecule has 0 radical (unpaired) electrons. The van der Waals surface area contributed by atoms with E-state index < -0.39 is 0 Å². The van der Waals surface area contributed by atoms with Crippen molar-refractivity contribution < 1.29 is 14.3 Å². The second-order valence-corrected chi connectivity index (χ2v) is 7.43. The first-order valence-electron chi connectivity index (χ1n) is 9.89. The largest absolute Gasteiger partial charge is 0.497 e. The maximum Gasteiger partial charge on any atom is 0.227 e. The van der Waals surface area contributed by atoms with Crippen molar-refractivity contribution in [1.82, 2.24) is 10.2 Å². The highest BCUT2D eigenvalue weighted by Crippen LogP contribution is 2.31. The average molecular weight is 358 g/mol. The summed E-state index contributed by atoms with van der Waals surface area (Å²) in [6, 6.07) is 7.74. The Balaban J connectivity index is 1.76. The fourth-order valence-electron chi connectivity index (χ4n) is 4.26. The summed E-state index contributed by atoms with van der Waals surface area (Å²) in [6.45, 7) is 1.52. The first kappa shape index (κ1) is 18.7. The number of rotatable bonds is 3. The third-order valence-electron chi connectivity index (χ3n) is 5.65. The van der Waals surface area contributed by atoms with Gasteiger partial charge in [-0.15, -0.1) is 0 Å². The Morgan fingerprint density at radius 1 is 1.19 bits per heavy atom. The maximum atomic E-state index is 13.1. The van der Waals surface area contributed by atoms with Crippen molar-refractivity contribution in [2.75, 3.05) is 20.2 Å². The summed E-state index contributed by atoms with van der Waals surface area (Å²) in [5.41, 5.74) is 0.961. The van der Waals surface area contributed by atoms with Crippen molar-refractivity contribution in [1.29, 1.82) is 0 Å². The van der Waals surface area contributed by atoms with Crippen LogP contribution in [0.15, 0.2) is 24.3 Å². The number of fused-ring (bicyclic) bond motifs is 1. The quantitative estimate of drug-likeness (QED) is 0.904. The molecule has 1 aromatic rings. The van der Waals surface area contributed by atoms with Crippen LogP contribution in [0.5, 0.6) is 5.75 Å². The second kappa shape index (κ2) is 9.06. The van der Waals surface area contributed by atoms with Gasteiger partial charge in [-0.25, -0.2) is 0 Å². The van der Waals surface area contributed by atoms with E-state index in [1.54, 1.807) is 7.11 Å². The molecule has 1 saturated heterocycles. The van der Waals surface area contributed by atoms with Crippen LogP contribution in [0.3, 0.4) is 0 Å². The minimum absolute atomic E-state index is 0.0474. The molecule has 5 heteroatoms. The zero-order valence-corrected chi connectivity index (χ0v) is 15.7. The Morgan fingerprint density at radius 3 is 2.88 bits per heavy atom. The molecule has 0 unspecified atom stereocenters. The van der Waals surface area contributed by atoms with Crippen molar-refractivity contribution in [3.05, 3.63) is 29.8 Å². The van der Waals surface area contributed by atoms with Crippen molar-refractivity contribution in [2.24, 2.45) is 5.92 Å². The molecule has 0 bridgehead atoms. The number of benzene rings is 1. The topological polar surface area (TPSA) is 58.6 Å². The van der Waals surface area contributed by atoms with Gasteiger partial charge >= 0.3 is 0 Å². The lowest BCUT2D eigenvalue weighted by atomic mass is 9.99. The molecule has 1 aromatic carbocycles. The number of methoxy groups -OCH3 is 1. The molecule has 2 fully saturated rings. The van der Waals surface area contributed by atoms with E-state index in [-0.39, 0.29) is 23.8 Å². The Kier molecular flexibility index (Phi) is 6.53. The van der Waals surface area contributed by atoms with Gasteiger partial charge in [-0.05, 0) is 43.4 Å². The molecular weight excluding hydrogens is 328 g/mol. The lowest BCUT2D eigenvalue weighted by Crippen LogP contribution is -2.47. The Hall–Kier alpha value is -2.04. The molecule has 26 heavy (non-hydrogen) atoms. The monoisotopic (exact) mass is 358 g/mol. The molecule has 1 aliphatic carbocycles. The van der Waals surface area contributed by atoms with E-state index in [0.29, 0.717) is 6.42 Å². The van der Waals surface area contributed by atoms with Gasteiger partial charge in [0.05, 0.1) is 19.4 Å². The van der Waals surface area contributed by atoms with E-state index in [0.717, 1.165) is 69.3 Å². The Morgan fingerprint density at radius 2 is 2.04 bits per heavy atom. The maximum absolute atomic E-state index is 13.1. The molecule has 1 N–H and O–H groups in total. The highest BCUT2D eigenvalue weighted by molar-refractivity contribution is 5.83. The van der Waals surface area contributed by atoms with Gasteiger partial charge in [-0.3, -0.25) is 9.59 Å². The van der Waals surface area contributed by atoms with E-state index >= 15 is 0 Å². The minimum atomic E-state index is -0.0534. The standard InChI is InChI=1S/C21H30N2O3/c1-26-17-9-6-8-16(14-17)15-20(24)23-13-5-3-2-4-12-22-21(25)18-10-7-11-19(18)23/h6,8-9,14,18-19H,2-5,7,10-13,15H2,1H3,(H,22,25)/t18-,19+/m0/s1. The average Bonchev–Trinajstić information content (AvgIpc) is 3.12. The summed E-state index contributed by atoms with van der Waals surface area (Å²) in [5.74, 6) is 0.976. The van der Waals surface area contributed by atoms with Crippen LogP contribution in [0.25, 0.3) is 0 Å². The van der Waals surface area contributed by atoms with Crippen LogP contribution in [0.1, 0.15) is 50.5 Å². The summed E-state index contributed by atoms with van der Waals surface area (Å²) in [7, 11) is 1.64. The number of amides is 2. The number of carbonyl (C=O) groups excluding carboxylic acids is 2. The smallest absolute Gasteiger partial charge is 0.227 e. The van der Waals surface area contributed by atoms with Crippen LogP contribution < -0.4 is 10.1 Å². The molecule has 0 aromatic heterocycles. The van der Waals surface area contributed by atoms with Crippen molar-refractivity contribution in [2.45, 2.75) is 57.4 Å². The second-order valence-electron chi connectivity index (χ2n) is 7.43. The lowest BCUT2D eigenvalue weighted by Gasteiger charge is -2.33. The predicted octanol–water partition coefficient (Wildman–Crippen LogP) is 2.93. The highest BCUT2D eigenvalue weighted by atomic mass is 16.5. The fourth-order valence-corrected chi connectivity index (χ4v) is 4.26. The van der Waals surface area contributed by atoms with Gasteiger partial charge in [0.1, 0.15) is 5.75 Å². The van der Waals surface area contributed by atoms with E-state index in [9.17, 15) is 9.59 Å². The highest BCUT2D eigenvalue weighted by Gasteiger charge is 2.38. The molecule has 5 nitrogen and oxygen atoms in total. The molecule has 2 atom stereocenters. The minimum Gasteiger partial charge on any atom is -0.497 e. The van der Waals surface area contributed by atoms with Crippen molar-refractivity contribution in [3.8, 4) is 5.75 Å². The number of nitrogens with one attached hydrogen (secondary N) is 1. The molecule has 1 saturated carbocycles. The van der Waals surface area contributed by atoms with Gasteiger partial charge in [0.2, 0.25) is 11.8 Å².